The first kappa shape index (κ1) is 15.3. The lowest BCUT2D eigenvalue weighted by molar-refractivity contribution is 0.610. The van der Waals surface area contributed by atoms with Gasteiger partial charge in [0.1, 0.15) is 0 Å². The molecule has 0 aliphatic carbocycles. The molecule has 1 rings (SSSR count). The summed E-state index contributed by atoms with van der Waals surface area (Å²) in [6.45, 7) is 6.75. The number of hydrogen-bond donors (Lipinski definition) is 0. The minimum atomic E-state index is -3.18. The van der Waals surface area contributed by atoms with Gasteiger partial charge in [-0.2, -0.15) is 0 Å². The molecule has 0 spiro atoms. The molecule has 0 fully saturated rings. The van der Waals surface area contributed by atoms with E-state index in [0.29, 0.717) is 10.6 Å². The van der Waals surface area contributed by atoms with Gasteiger partial charge in [-0.1, -0.05) is 35.6 Å². The molecular formula is C11H17BrO2S2Si. The van der Waals surface area contributed by atoms with Crippen molar-refractivity contribution in [3.05, 3.63) is 28.7 Å². The highest BCUT2D eigenvalue weighted by Crippen LogP contribution is 2.26. The van der Waals surface area contributed by atoms with Gasteiger partial charge >= 0.3 is 0 Å². The maximum atomic E-state index is 12.0. The van der Waals surface area contributed by atoms with Gasteiger partial charge in [-0.25, -0.2) is 8.42 Å². The van der Waals surface area contributed by atoms with Crippen LogP contribution in [0.2, 0.25) is 25.7 Å². The monoisotopic (exact) mass is 352 g/mol. The van der Waals surface area contributed by atoms with Gasteiger partial charge in [0, 0.05) is 18.3 Å². The van der Waals surface area contributed by atoms with Gasteiger partial charge < -0.3 is 0 Å². The van der Waals surface area contributed by atoms with Gasteiger partial charge in [-0.15, -0.1) is 0 Å². The average Bonchev–Trinajstić information content (AvgIpc) is 2.15. The van der Waals surface area contributed by atoms with Crippen molar-refractivity contribution in [2.45, 2.75) is 30.6 Å². The largest absolute Gasteiger partial charge is 0.229 e. The van der Waals surface area contributed by atoms with Crippen LogP contribution in [0.3, 0.4) is 0 Å². The summed E-state index contributed by atoms with van der Waals surface area (Å²) < 4.78 is 24.9. The van der Waals surface area contributed by atoms with Crippen LogP contribution in [0.25, 0.3) is 0 Å². The fraction of sp³-hybridized carbons (Fsp3) is 0.455. The Balaban J connectivity index is 2.66. The summed E-state index contributed by atoms with van der Waals surface area (Å²) in [5.41, 5.74) is 0. The lowest BCUT2D eigenvalue weighted by Crippen LogP contribution is -2.20. The molecule has 96 valence electrons. The number of rotatable bonds is 5. The lowest BCUT2D eigenvalue weighted by Gasteiger charge is -2.14. The number of halogens is 1. The SMILES string of the molecule is C[Si](C)(C)CCSS(=O)(=O)c1ccc(Br)cc1. The molecule has 1 aromatic rings. The van der Waals surface area contributed by atoms with E-state index in [0.717, 1.165) is 21.3 Å². The van der Waals surface area contributed by atoms with E-state index >= 15 is 0 Å². The Labute approximate surface area is 117 Å². The van der Waals surface area contributed by atoms with Crippen molar-refractivity contribution in [3.8, 4) is 0 Å². The first-order valence-electron chi connectivity index (χ1n) is 5.36. The van der Waals surface area contributed by atoms with Gasteiger partial charge in [0.25, 0.3) is 0 Å². The second kappa shape index (κ2) is 5.91. The summed E-state index contributed by atoms with van der Waals surface area (Å²) in [6.07, 6.45) is 0. The molecule has 0 aliphatic rings. The summed E-state index contributed by atoms with van der Waals surface area (Å²) >= 11 is 3.29. The van der Waals surface area contributed by atoms with Gasteiger partial charge in [-0.3, -0.25) is 0 Å². The van der Waals surface area contributed by atoms with Crippen LogP contribution in [-0.4, -0.2) is 22.2 Å². The molecule has 0 aliphatic heterocycles. The molecule has 2 nitrogen and oxygen atoms in total. The lowest BCUT2D eigenvalue weighted by atomic mass is 10.4. The third-order valence-electron chi connectivity index (χ3n) is 2.19. The third kappa shape index (κ3) is 5.59. The molecule has 0 amide bonds. The van der Waals surface area contributed by atoms with Crippen LogP contribution < -0.4 is 0 Å². The standard InChI is InChI=1S/C11H17BrO2S2Si/c1-17(2,3)9-8-15-16(13,14)11-6-4-10(12)5-7-11/h4-7H,8-9H2,1-3H3. The first-order valence-corrected chi connectivity index (χ1v) is 12.8. The second-order valence-corrected chi connectivity index (χ2v) is 15.6. The van der Waals surface area contributed by atoms with Crippen LogP contribution in [0.5, 0.6) is 0 Å². The molecule has 6 heteroatoms. The highest BCUT2D eigenvalue weighted by atomic mass is 79.9. The molecule has 1 aromatic carbocycles. The highest BCUT2D eigenvalue weighted by molar-refractivity contribution is 9.10. The Morgan fingerprint density at radius 1 is 1.18 bits per heavy atom. The minimum Gasteiger partial charge on any atom is -0.212 e. The summed E-state index contributed by atoms with van der Waals surface area (Å²) in [5.74, 6) is 0.689. The number of benzene rings is 1. The van der Waals surface area contributed by atoms with E-state index < -0.39 is 16.9 Å². The van der Waals surface area contributed by atoms with Gasteiger partial charge in [-0.05, 0) is 41.1 Å². The van der Waals surface area contributed by atoms with Crippen LogP contribution in [0.15, 0.2) is 33.6 Å². The predicted octanol–water partition coefficient (Wildman–Crippen LogP) is 4.21. The Morgan fingerprint density at radius 2 is 1.71 bits per heavy atom. The minimum absolute atomic E-state index is 0.390. The molecule has 0 saturated heterocycles. The van der Waals surface area contributed by atoms with E-state index in [2.05, 4.69) is 35.6 Å². The maximum absolute atomic E-state index is 12.0. The zero-order valence-electron chi connectivity index (χ0n) is 10.2. The van der Waals surface area contributed by atoms with E-state index in [-0.39, 0.29) is 0 Å². The zero-order valence-corrected chi connectivity index (χ0v) is 14.5. The van der Waals surface area contributed by atoms with E-state index in [4.69, 9.17) is 0 Å². The van der Waals surface area contributed by atoms with Crippen LogP contribution in [-0.2, 0) is 8.87 Å². The Bertz CT molecular complexity index is 463. The Kier molecular flexibility index (Phi) is 5.31. The molecular weight excluding hydrogens is 336 g/mol. The first-order chi connectivity index (χ1) is 7.71. The molecule has 0 N–H and O–H groups in total. The van der Waals surface area contributed by atoms with E-state index in [1.54, 1.807) is 24.3 Å². The normalized spacial score (nSPS) is 12.7. The topological polar surface area (TPSA) is 34.1 Å². The third-order valence-corrected chi connectivity index (χ3v) is 8.37. The zero-order chi connectivity index (χ0) is 13.1. The molecule has 0 unspecified atom stereocenters. The van der Waals surface area contributed by atoms with Crippen molar-refractivity contribution in [1.29, 1.82) is 0 Å². The van der Waals surface area contributed by atoms with Crippen molar-refractivity contribution < 1.29 is 8.42 Å². The fourth-order valence-electron chi connectivity index (χ4n) is 1.13. The molecule has 0 aromatic heterocycles. The maximum Gasteiger partial charge on any atom is 0.229 e. The Morgan fingerprint density at radius 3 is 2.18 bits per heavy atom. The van der Waals surface area contributed by atoms with Crippen LogP contribution in [0, 0.1) is 0 Å². The van der Waals surface area contributed by atoms with Crippen molar-refractivity contribution in [3.63, 3.8) is 0 Å². The van der Waals surface area contributed by atoms with Crippen molar-refractivity contribution >= 4 is 43.7 Å². The van der Waals surface area contributed by atoms with Crippen LogP contribution in [0.4, 0.5) is 0 Å². The fourth-order valence-corrected chi connectivity index (χ4v) is 7.15. The molecule has 0 radical (unpaired) electrons. The molecule has 0 atom stereocenters. The van der Waals surface area contributed by atoms with E-state index in [1.165, 1.54) is 0 Å². The molecule has 0 heterocycles. The summed E-state index contributed by atoms with van der Waals surface area (Å²) in [4.78, 5) is 0.390. The molecule has 0 saturated carbocycles. The quantitative estimate of drug-likeness (QED) is 0.587. The summed E-state index contributed by atoms with van der Waals surface area (Å²) in [7, 11) is -3.28. The van der Waals surface area contributed by atoms with Crippen LogP contribution >= 0.6 is 26.7 Å². The van der Waals surface area contributed by atoms with Crippen LogP contribution in [0.1, 0.15) is 0 Å². The summed E-state index contributed by atoms with van der Waals surface area (Å²) in [6, 6.07) is 7.81. The van der Waals surface area contributed by atoms with Crippen molar-refractivity contribution in [1.82, 2.24) is 0 Å². The van der Waals surface area contributed by atoms with E-state index in [9.17, 15) is 8.42 Å². The Hall–Kier alpha value is 0.217. The van der Waals surface area contributed by atoms with Gasteiger partial charge in [0.05, 0.1) is 4.90 Å². The predicted molar refractivity (Wildman–Crippen MR) is 81.9 cm³/mol. The van der Waals surface area contributed by atoms with Gasteiger partial charge in [0.15, 0.2) is 0 Å². The van der Waals surface area contributed by atoms with Crippen molar-refractivity contribution in [2.24, 2.45) is 0 Å². The highest BCUT2D eigenvalue weighted by Gasteiger charge is 2.18. The smallest absolute Gasteiger partial charge is 0.212 e. The number of hydrogen-bond acceptors (Lipinski definition) is 3. The van der Waals surface area contributed by atoms with Gasteiger partial charge in [0.2, 0.25) is 8.87 Å². The van der Waals surface area contributed by atoms with Crippen molar-refractivity contribution in [2.75, 3.05) is 5.75 Å². The molecule has 0 bridgehead atoms. The summed E-state index contributed by atoms with van der Waals surface area (Å²) in [5, 5.41) is 0. The molecule has 17 heavy (non-hydrogen) atoms. The average molecular weight is 353 g/mol. The second-order valence-electron chi connectivity index (χ2n) is 5.04. The van der Waals surface area contributed by atoms with E-state index in [1.807, 2.05) is 0 Å².